The summed E-state index contributed by atoms with van der Waals surface area (Å²) in [5.41, 5.74) is 2.69. The van der Waals surface area contributed by atoms with Gasteiger partial charge in [0.1, 0.15) is 5.69 Å². The highest BCUT2D eigenvalue weighted by Gasteiger charge is 2.40. The average Bonchev–Trinajstić information content (AvgIpc) is 2.94. The van der Waals surface area contributed by atoms with Gasteiger partial charge in [0.25, 0.3) is 0 Å². The summed E-state index contributed by atoms with van der Waals surface area (Å²) in [5.74, 6) is 5.53. The second kappa shape index (κ2) is 7.26. The lowest BCUT2D eigenvalue weighted by Crippen LogP contribution is -2.43. The minimum absolute atomic E-state index is 0.165. The number of fused-ring (bicyclic) bond motifs is 1. The zero-order chi connectivity index (χ0) is 19.8. The number of hydrazone groups is 1. The van der Waals surface area contributed by atoms with Crippen LogP contribution in [0, 0.1) is 6.92 Å². The third kappa shape index (κ3) is 3.41. The van der Waals surface area contributed by atoms with Crippen molar-refractivity contribution in [3.63, 3.8) is 0 Å². The van der Waals surface area contributed by atoms with Crippen LogP contribution in [0.5, 0.6) is 0 Å². The quantitative estimate of drug-likeness (QED) is 0.263. The molecule has 11 heteroatoms. The summed E-state index contributed by atoms with van der Waals surface area (Å²) in [6.45, 7) is 1.92. The maximum atomic E-state index is 14.6. The molecule has 0 aliphatic carbocycles. The van der Waals surface area contributed by atoms with E-state index in [0.717, 1.165) is 0 Å². The Morgan fingerprint density at radius 3 is 2.52 bits per heavy atom. The highest BCUT2D eigenvalue weighted by Crippen LogP contribution is 2.31. The van der Waals surface area contributed by atoms with E-state index >= 15 is 0 Å². The maximum Gasteiger partial charge on any atom is 0.349 e. The molecule has 5 N–H and O–H groups in total. The van der Waals surface area contributed by atoms with Crippen molar-refractivity contribution in [3.05, 3.63) is 57.3 Å². The van der Waals surface area contributed by atoms with E-state index in [1.165, 1.54) is 16.8 Å². The molecule has 3 rings (SSSR count). The van der Waals surface area contributed by atoms with Crippen LogP contribution in [-0.4, -0.2) is 20.6 Å². The molecule has 0 atom stereocenters. The first-order valence-corrected chi connectivity index (χ1v) is 8.45. The van der Waals surface area contributed by atoms with E-state index in [4.69, 9.17) is 34.9 Å². The number of pyridine rings is 1. The molecule has 0 aliphatic rings. The standard InChI is InChI=1S/C16H15Cl2F2N7/c1-8-9-5-6-13(16(19,20)15(24-21)25-22)23-14(9)27(26-8)7-10-11(17)3-2-4-12(10)18/h2-6H,7,21-22H2,1H3,(H,24,25). The van der Waals surface area contributed by atoms with Crippen LogP contribution < -0.4 is 17.1 Å². The molecule has 0 fully saturated rings. The Morgan fingerprint density at radius 1 is 1.26 bits per heavy atom. The Morgan fingerprint density at radius 2 is 1.93 bits per heavy atom. The maximum absolute atomic E-state index is 14.6. The minimum atomic E-state index is -3.61. The van der Waals surface area contributed by atoms with Crippen LogP contribution in [0.3, 0.4) is 0 Å². The average molecular weight is 414 g/mol. The highest BCUT2D eigenvalue weighted by atomic mass is 35.5. The topological polar surface area (TPSA) is 107 Å². The van der Waals surface area contributed by atoms with Crippen LogP contribution in [0.25, 0.3) is 11.0 Å². The van der Waals surface area contributed by atoms with Gasteiger partial charge < -0.3 is 11.3 Å². The van der Waals surface area contributed by atoms with Gasteiger partial charge in [-0.25, -0.2) is 15.5 Å². The fourth-order valence-corrected chi connectivity index (χ4v) is 3.18. The monoisotopic (exact) mass is 413 g/mol. The molecule has 1 aromatic carbocycles. The van der Waals surface area contributed by atoms with Crippen molar-refractivity contribution in [2.24, 2.45) is 16.8 Å². The van der Waals surface area contributed by atoms with E-state index in [2.05, 4.69) is 15.2 Å². The van der Waals surface area contributed by atoms with Crippen LogP contribution in [-0.2, 0) is 12.5 Å². The number of halogens is 4. The summed E-state index contributed by atoms with van der Waals surface area (Å²) >= 11 is 12.4. The van der Waals surface area contributed by atoms with Gasteiger partial charge in [0, 0.05) is 21.0 Å². The molecule has 0 saturated carbocycles. The van der Waals surface area contributed by atoms with Crippen molar-refractivity contribution < 1.29 is 8.78 Å². The molecule has 0 spiro atoms. The second-order valence-electron chi connectivity index (χ2n) is 5.71. The SMILES string of the molecule is Cc1nn(Cc2c(Cl)cccc2Cl)c2nc(C(F)(F)/C(=N/N)NN)ccc12. The molecule has 0 radical (unpaired) electrons. The number of aryl methyl sites for hydroxylation is 1. The summed E-state index contributed by atoms with van der Waals surface area (Å²) in [6.07, 6.45) is 0. The number of hydrazine groups is 1. The number of rotatable bonds is 4. The molecule has 0 aliphatic heterocycles. The predicted molar refractivity (Wildman–Crippen MR) is 101 cm³/mol. The van der Waals surface area contributed by atoms with Gasteiger partial charge in [-0.2, -0.15) is 19.0 Å². The summed E-state index contributed by atoms with van der Waals surface area (Å²) in [5, 5.41) is 8.85. The Bertz CT molecular complexity index is 1010. The van der Waals surface area contributed by atoms with E-state index in [-0.39, 0.29) is 12.2 Å². The first-order chi connectivity index (χ1) is 12.8. The van der Waals surface area contributed by atoms with E-state index in [1.54, 1.807) is 30.5 Å². The van der Waals surface area contributed by atoms with Gasteiger partial charge in [-0.05, 0) is 31.2 Å². The molecule has 2 heterocycles. The Kier molecular flexibility index (Phi) is 5.18. The van der Waals surface area contributed by atoms with Gasteiger partial charge in [-0.3, -0.25) is 0 Å². The van der Waals surface area contributed by atoms with Crippen molar-refractivity contribution in [1.82, 2.24) is 20.2 Å². The zero-order valence-corrected chi connectivity index (χ0v) is 15.6. The van der Waals surface area contributed by atoms with Gasteiger partial charge in [-0.15, -0.1) is 0 Å². The predicted octanol–water partition coefficient (Wildman–Crippen LogP) is 2.92. The van der Waals surface area contributed by atoms with E-state index in [0.29, 0.717) is 26.7 Å². The summed E-state index contributed by atoms with van der Waals surface area (Å²) in [6, 6.07) is 7.76. The molecule has 0 amide bonds. The Labute approximate surface area is 162 Å². The van der Waals surface area contributed by atoms with E-state index < -0.39 is 17.5 Å². The third-order valence-electron chi connectivity index (χ3n) is 4.03. The van der Waals surface area contributed by atoms with E-state index in [1.807, 2.05) is 0 Å². The van der Waals surface area contributed by atoms with Crippen molar-refractivity contribution in [2.45, 2.75) is 19.4 Å². The van der Waals surface area contributed by atoms with Crippen LogP contribution >= 0.6 is 23.2 Å². The molecular weight excluding hydrogens is 399 g/mol. The molecule has 142 valence electrons. The minimum Gasteiger partial charge on any atom is -0.321 e. The molecule has 2 aromatic heterocycles. The largest absolute Gasteiger partial charge is 0.349 e. The summed E-state index contributed by atoms with van der Waals surface area (Å²) in [4.78, 5) is 4.07. The van der Waals surface area contributed by atoms with Crippen molar-refractivity contribution in [1.29, 1.82) is 0 Å². The second-order valence-corrected chi connectivity index (χ2v) is 6.52. The number of benzene rings is 1. The third-order valence-corrected chi connectivity index (χ3v) is 4.74. The smallest absolute Gasteiger partial charge is 0.321 e. The molecule has 3 aromatic rings. The lowest BCUT2D eigenvalue weighted by atomic mass is 10.1. The van der Waals surface area contributed by atoms with Crippen LogP contribution in [0.1, 0.15) is 17.0 Å². The van der Waals surface area contributed by atoms with Crippen LogP contribution in [0.15, 0.2) is 35.4 Å². The van der Waals surface area contributed by atoms with Crippen LogP contribution in [0.2, 0.25) is 10.0 Å². The number of hydrogen-bond acceptors (Lipinski definition) is 5. The van der Waals surface area contributed by atoms with Gasteiger partial charge >= 0.3 is 5.92 Å². The van der Waals surface area contributed by atoms with Crippen molar-refractivity contribution in [3.8, 4) is 0 Å². The lowest BCUT2D eigenvalue weighted by molar-refractivity contribution is 0.0666. The van der Waals surface area contributed by atoms with Crippen molar-refractivity contribution >= 4 is 40.1 Å². The number of nitrogens with two attached hydrogens (primary N) is 2. The highest BCUT2D eigenvalue weighted by molar-refractivity contribution is 6.36. The van der Waals surface area contributed by atoms with Crippen molar-refractivity contribution in [2.75, 3.05) is 0 Å². The fraction of sp³-hybridized carbons (Fsp3) is 0.188. The number of nitrogens with one attached hydrogen (secondary N) is 1. The summed E-state index contributed by atoms with van der Waals surface area (Å²) < 4.78 is 30.6. The number of aromatic nitrogens is 3. The molecular formula is C16H15Cl2F2N7. The molecule has 0 saturated heterocycles. The molecule has 0 bridgehead atoms. The number of hydrogen-bond donors (Lipinski definition) is 3. The van der Waals surface area contributed by atoms with Gasteiger partial charge in [0.15, 0.2) is 5.65 Å². The molecule has 7 nitrogen and oxygen atoms in total. The van der Waals surface area contributed by atoms with Gasteiger partial charge in [0.05, 0.1) is 12.2 Å². The zero-order valence-electron chi connectivity index (χ0n) is 14.0. The number of amidine groups is 1. The normalized spacial score (nSPS) is 12.6. The molecule has 27 heavy (non-hydrogen) atoms. The number of alkyl halides is 2. The molecule has 0 unspecified atom stereocenters. The van der Waals surface area contributed by atoms with Gasteiger partial charge in [-0.1, -0.05) is 29.3 Å². The summed E-state index contributed by atoms with van der Waals surface area (Å²) in [7, 11) is 0. The Hall–Kier alpha value is -2.49. The lowest BCUT2D eigenvalue weighted by Gasteiger charge is -2.17. The van der Waals surface area contributed by atoms with Gasteiger partial charge in [0.2, 0.25) is 5.84 Å². The first-order valence-electron chi connectivity index (χ1n) is 7.70. The van der Waals surface area contributed by atoms with E-state index in [9.17, 15) is 8.78 Å². The fourth-order valence-electron chi connectivity index (χ4n) is 2.66. The Balaban J connectivity index is 2.13. The van der Waals surface area contributed by atoms with Crippen LogP contribution in [0.4, 0.5) is 8.78 Å². The number of nitrogens with zero attached hydrogens (tertiary/aromatic N) is 4. The first kappa shape index (κ1) is 19.3.